The van der Waals surface area contributed by atoms with Gasteiger partial charge in [-0.2, -0.15) is 0 Å². The highest BCUT2D eigenvalue weighted by Gasteiger charge is 2.38. The Hall–Kier alpha value is -8.95. The van der Waals surface area contributed by atoms with Crippen LogP contribution in [0.15, 0.2) is 127 Å². The number of carbonyl (C=O) groups excluding carboxylic acids is 5. The van der Waals surface area contributed by atoms with Crippen molar-refractivity contribution in [2.24, 2.45) is 17.7 Å². The van der Waals surface area contributed by atoms with Gasteiger partial charge in [0.15, 0.2) is 0 Å². The minimum atomic E-state index is -0.813. The number of rotatable bonds is 20. The summed E-state index contributed by atoms with van der Waals surface area (Å²) in [7, 11) is 4.53. The second-order valence-electron chi connectivity index (χ2n) is 19.8. The van der Waals surface area contributed by atoms with Gasteiger partial charge in [-0.15, -0.1) is 10.2 Å². The van der Waals surface area contributed by atoms with Crippen molar-refractivity contribution in [1.29, 1.82) is 0 Å². The number of hydrazine groups is 1. The molecule has 26 nitrogen and oxygen atoms in total. The van der Waals surface area contributed by atoms with Gasteiger partial charge in [-0.05, 0) is 52.4 Å². The molecule has 0 spiro atoms. The van der Waals surface area contributed by atoms with Crippen LogP contribution in [0.1, 0.15) is 108 Å². The van der Waals surface area contributed by atoms with E-state index in [9.17, 15) is 33.9 Å². The number of ether oxygens (including phenoxy) is 3. The third kappa shape index (κ3) is 17.5. The molecule has 3 aromatic carbocycles. The Kier molecular flexibility index (Phi) is 22.4. The van der Waals surface area contributed by atoms with Gasteiger partial charge in [0, 0.05) is 92.7 Å². The first kappa shape index (κ1) is 61.7. The van der Waals surface area contributed by atoms with E-state index in [4.69, 9.17) is 32.6 Å². The van der Waals surface area contributed by atoms with E-state index >= 15 is 0 Å². The maximum absolute atomic E-state index is 12.4. The molecule has 26 heteroatoms. The number of nitrogens with one attached hydrogen (secondary N) is 5. The number of aliphatic hydroxyl groups is 1. The predicted molar refractivity (Wildman–Crippen MR) is 294 cm³/mol. The molecule has 83 heavy (non-hydrogen) atoms. The van der Waals surface area contributed by atoms with Crippen LogP contribution in [0.4, 0.5) is 0 Å². The number of hydrogen-bond acceptors (Lipinski definition) is 20. The van der Waals surface area contributed by atoms with Gasteiger partial charge >= 0.3 is 5.97 Å². The highest BCUT2D eigenvalue weighted by Crippen LogP contribution is 2.37. The molecule has 4 heterocycles. The molecule has 3 aliphatic rings. The lowest BCUT2D eigenvalue weighted by Gasteiger charge is -2.34. The SMILES string of the molecule is COCC(=O)NN.CO[C@H](C)C(O)CNC(=O)C1CC(NC(=O)c2cc(-c3ccccc3)no2)C1.CO[C@H](C)c1nnc(C2CC(NC(=O)c3cc(-c4ccccc4)no3)C2)o1.O=C(NC1CC(C(=O)O)C1)c1cc(-c2ccccc2)no1. The minimum absolute atomic E-state index is 0.0243. The van der Waals surface area contributed by atoms with Gasteiger partial charge in [-0.1, -0.05) is 106 Å². The third-order valence-electron chi connectivity index (χ3n) is 13.9. The summed E-state index contributed by atoms with van der Waals surface area (Å²) < 4.78 is 35.6. The van der Waals surface area contributed by atoms with E-state index in [0.29, 0.717) is 54.5 Å². The van der Waals surface area contributed by atoms with Crippen molar-refractivity contribution < 1.29 is 71.2 Å². The Morgan fingerprint density at radius 2 is 1.04 bits per heavy atom. The summed E-state index contributed by atoms with van der Waals surface area (Å²) in [5.74, 6) is 3.59. The predicted octanol–water partition coefficient (Wildman–Crippen LogP) is 5.03. The smallest absolute Gasteiger partial charge is 0.306 e. The fraction of sp³-hybridized carbons (Fsp3) is 0.386. The van der Waals surface area contributed by atoms with E-state index in [1.54, 1.807) is 32.2 Å². The number of aromatic nitrogens is 5. The minimum Gasteiger partial charge on any atom is -0.481 e. The van der Waals surface area contributed by atoms with Crippen LogP contribution in [0.25, 0.3) is 33.8 Å². The zero-order chi connectivity index (χ0) is 59.4. The summed E-state index contributed by atoms with van der Waals surface area (Å²) in [5, 5.41) is 49.7. The van der Waals surface area contributed by atoms with Crippen molar-refractivity contribution in [1.82, 2.24) is 52.4 Å². The number of aliphatic carboxylic acids is 1. The monoisotopic (exact) mass is 1150 g/mol. The maximum atomic E-state index is 12.4. The van der Waals surface area contributed by atoms with Gasteiger partial charge in [0.1, 0.15) is 29.8 Å². The third-order valence-corrected chi connectivity index (χ3v) is 13.9. The summed E-state index contributed by atoms with van der Waals surface area (Å²) in [6.45, 7) is 3.75. The van der Waals surface area contributed by atoms with Crippen LogP contribution in [0.2, 0.25) is 0 Å². The summed E-state index contributed by atoms with van der Waals surface area (Å²) >= 11 is 0. The molecule has 4 aromatic heterocycles. The van der Waals surface area contributed by atoms with E-state index in [0.717, 1.165) is 29.5 Å². The van der Waals surface area contributed by atoms with Gasteiger partial charge in [-0.25, -0.2) is 5.84 Å². The number of hydrogen-bond donors (Lipinski definition) is 8. The average molecular weight is 1150 g/mol. The average Bonchev–Trinajstić information content (AvgIpc) is 4.37. The zero-order valence-electron chi connectivity index (χ0n) is 46.3. The number of methoxy groups -OCH3 is 3. The van der Waals surface area contributed by atoms with E-state index in [-0.39, 0.29) is 108 Å². The number of nitrogens with zero attached hydrogens (tertiary/aromatic N) is 5. The van der Waals surface area contributed by atoms with Crippen LogP contribution in [0.5, 0.6) is 0 Å². The molecule has 10 rings (SSSR count). The Labute approximate surface area is 476 Å². The molecule has 3 fully saturated rings. The van der Waals surface area contributed by atoms with E-state index in [1.807, 2.05) is 103 Å². The fourth-order valence-electron chi connectivity index (χ4n) is 8.50. The van der Waals surface area contributed by atoms with Crippen molar-refractivity contribution in [3.8, 4) is 33.8 Å². The molecular formula is C57H67N11O15. The first-order chi connectivity index (χ1) is 40.0. The summed E-state index contributed by atoms with van der Waals surface area (Å²) in [5.41, 5.74) is 6.38. The lowest BCUT2D eigenvalue weighted by molar-refractivity contribution is -0.145. The lowest BCUT2D eigenvalue weighted by atomic mass is 9.79. The summed E-state index contributed by atoms with van der Waals surface area (Å²) in [6, 6.07) is 33.1. The molecule has 0 saturated heterocycles. The van der Waals surface area contributed by atoms with Crippen molar-refractivity contribution in [2.45, 2.75) is 94.7 Å². The molecule has 9 N–H and O–H groups in total. The van der Waals surface area contributed by atoms with Gasteiger partial charge < -0.3 is 63.7 Å². The molecule has 0 radical (unpaired) electrons. The van der Waals surface area contributed by atoms with Gasteiger partial charge in [-0.3, -0.25) is 34.2 Å². The standard InChI is InChI=1S/C20H25N3O5.C19H20N4O4.C15H14N2O4.C3H8N2O2/c1-12(27-2)17(24)11-21-19(25)14-8-15(9-14)22-20(26)18-10-16(23-28-18)13-6-4-3-5-7-13;1-11(25-2)18-21-22-19(26-18)13-8-14(9-13)20-17(24)16-10-15(23-27-16)12-6-4-3-5-7-12;18-14(16-11-6-10(7-11)15(19)20)13-8-12(17-21-13)9-4-2-1-3-5-9;1-7-2-3(6)5-4/h3-7,10,12,14-15,17,24H,8-9,11H2,1-2H3,(H,21,25)(H,22,26);3-7,10-11,13-14H,8-9H2,1-2H3,(H,20,24);1-5,8,10-11H,6-7H2,(H,16,18)(H,19,20);2,4H2,1H3,(H,5,6)/t12-,14?,15?,17?;11-,13?,14?;;/m11../s1. The Balaban J connectivity index is 0.000000170. The molecule has 1 unspecified atom stereocenters. The topological polar surface area (TPSA) is 374 Å². The maximum Gasteiger partial charge on any atom is 0.306 e. The molecule has 0 aliphatic heterocycles. The largest absolute Gasteiger partial charge is 0.481 e. The summed E-state index contributed by atoms with van der Waals surface area (Å²) in [4.78, 5) is 69.5. The van der Waals surface area contributed by atoms with Crippen molar-refractivity contribution in [2.75, 3.05) is 34.5 Å². The second-order valence-corrected chi connectivity index (χ2v) is 19.8. The van der Waals surface area contributed by atoms with Gasteiger partial charge in [0.25, 0.3) is 23.6 Å². The first-order valence-electron chi connectivity index (χ1n) is 26.6. The number of benzene rings is 3. The molecule has 0 bridgehead atoms. The Morgan fingerprint density at radius 3 is 1.41 bits per heavy atom. The molecule has 5 amide bonds. The molecular weight excluding hydrogens is 1080 g/mol. The number of nitrogens with two attached hydrogens (primary N) is 1. The van der Waals surface area contributed by atoms with E-state index in [2.05, 4.69) is 57.5 Å². The quantitative estimate of drug-likeness (QED) is 0.0282. The number of amides is 5. The van der Waals surface area contributed by atoms with Crippen LogP contribution in [-0.4, -0.2) is 136 Å². The van der Waals surface area contributed by atoms with Crippen LogP contribution in [0.3, 0.4) is 0 Å². The number of carbonyl (C=O) groups is 6. The Bertz CT molecular complexity index is 3190. The molecule has 3 saturated carbocycles. The second kappa shape index (κ2) is 30.2. The zero-order valence-corrected chi connectivity index (χ0v) is 46.3. The normalized spacial score (nSPS) is 19.4. The lowest BCUT2D eigenvalue weighted by Crippen LogP contribution is -2.50. The van der Waals surface area contributed by atoms with Gasteiger partial charge in [0.05, 0.1) is 18.1 Å². The van der Waals surface area contributed by atoms with Gasteiger partial charge in [0.2, 0.25) is 35.0 Å². The van der Waals surface area contributed by atoms with Crippen LogP contribution >= 0.6 is 0 Å². The molecule has 3 aliphatic carbocycles. The number of aliphatic hydroxyl groups excluding tert-OH is 1. The molecule has 440 valence electrons. The van der Waals surface area contributed by atoms with Crippen LogP contribution in [-0.2, 0) is 28.6 Å². The summed E-state index contributed by atoms with van der Waals surface area (Å²) in [6.07, 6.45) is 2.17. The fourth-order valence-corrected chi connectivity index (χ4v) is 8.50. The van der Waals surface area contributed by atoms with Crippen LogP contribution in [0, 0.1) is 11.8 Å². The highest BCUT2D eigenvalue weighted by molar-refractivity contribution is 5.94. The molecule has 7 aromatic rings. The van der Waals surface area contributed by atoms with E-state index in [1.165, 1.54) is 14.2 Å². The first-order valence-corrected chi connectivity index (χ1v) is 26.6. The molecule has 3 atom stereocenters. The van der Waals surface area contributed by atoms with Crippen LogP contribution < -0.4 is 32.5 Å². The van der Waals surface area contributed by atoms with Crippen molar-refractivity contribution >= 4 is 35.5 Å². The highest BCUT2D eigenvalue weighted by atomic mass is 16.5. The Morgan fingerprint density at radius 1 is 0.614 bits per heavy atom. The van der Waals surface area contributed by atoms with E-state index < -0.39 is 12.1 Å². The van der Waals surface area contributed by atoms with Crippen molar-refractivity contribution in [3.05, 3.63) is 138 Å². The number of carboxylic acid groups (broad SMARTS) is 1. The van der Waals surface area contributed by atoms with Crippen molar-refractivity contribution in [3.63, 3.8) is 0 Å². The number of carboxylic acids is 1.